The van der Waals surface area contributed by atoms with Crippen LogP contribution in [0.4, 0.5) is 4.79 Å². The van der Waals surface area contributed by atoms with Crippen LogP contribution in [0.25, 0.3) is 0 Å². The minimum Gasteiger partial charge on any atom is -0.394 e. The number of aliphatic hydroxyl groups excluding tert-OH is 1. The van der Waals surface area contributed by atoms with Gasteiger partial charge in [0.15, 0.2) is 0 Å². The Labute approximate surface area is 68.0 Å². The van der Waals surface area contributed by atoms with Crippen LogP contribution in [0.5, 0.6) is 0 Å². The molecule has 1 amide bonds. The Hall–Kier alpha value is 0.160. The molecule has 4 heteroatoms. The lowest BCUT2D eigenvalue weighted by atomic mass is 10.2. The lowest BCUT2D eigenvalue weighted by Crippen LogP contribution is -2.33. The molecule has 54 valence electrons. The van der Waals surface area contributed by atoms with Gasteiger partial charge in [-0.2, -0.15) is 0 Å². The van der Waals surface area contributed by atoms with E-state index in [-0.39, 0.29) is 16.6 Å². The molecule has 0 radical (unpaired) electrons. The van der Waals surface area contributed by atoms with Crippen LogP contribution < -0.4 is 5.32 Å². The van der Waals surface area contributed by atoms with Gasteiger partial charge in [-0.1, -0.05) is 6.92 Å². The fourth-order valence-corrected chi connectivity index (χ4v) is 0.878. The number of carbonyl (C=O) groups excluding carboxylic acids is 1. The normalized spacial score (nSPS) is 12.8. The third kappa shape index (κ3) is 4.65. The van der Waals surface area contributed by atoms with Gasteiger partial charge in [0.05, 0.1) is 12.6 Å². The van der Waals surface area contributed by atoms with Crippen molar-refractivity contribution in [1.82, 2.24) is 5.32 Å². The SMILES string of the molecule is CC[C@@H](CO)NC(=O)I. The average Bonchev–Trinajstić information content (AvgIpc) is 1.82. The summed E-state index contributed by atoms with van der Waals surface area (Å²) in [5.74, 6) is 0. The minimum absolute atomic E-state index is 0.0191. The zero-order valence-corrected chi connectivity index (χ0v) is 7.38. The number of nitrogens with one attached hydrogen (secondary N) is 1. The van der Waals surface area contributed by atoms with E-state index in [2.05, 4.69) is 5.32 Å². The lowest BCUT2D eigenvalue weighted by Gasteiger charge is -2.10. The highest BCUT2D eigenvalue weighted by Crippen LogP contribution is 1.92. The molecule has 0 aromatic rings. The Bertz CT molecular complexity index is 93.0. The maximum atomic E-state index is 10.3. The largest absolute Gasteiger partial charge is 0.394 e. The van der Waals surface area contributed by atoms with Crippen molar-refractivity contribution >= 4 is 26.5 Å². The van der Waals surface area contributed by atoms with Gasteiger partial charge >= 0.3 is 0 Å². The first-order valence-corrected chi connectivity index (χ1v) is 3.85. The number of amides is 1. The van der Waals surface area contributed by atoms with Gasteiger partial charge in [0.2, 0.25) is 0 Å². The van der Waals surface area contributed by atoms with E-state index in [0.29, 0.717) is 0 Å². The van der Waals surface area contributed by atoms with Gasteiger partial charge in [0, 0.05) is 22.6 Å². The highest BCUT2D eigenvalue weighted by atomic mass is 127. The van der Waals surface area contributed by atoms with Gasteiger partial charge in [-0.25, -0.2) is 0 Å². The molecule has 0 heterocycles. The van der Waals surface area contributed by atoms with E-state index in [1.807, 2.05) is 6.92 Å². The van der Waals surface area contributed by atoms with Gasteiger partial charge in [0.1, 0.15) is 0 Å². The van der Waals surface area contributed by atoms with E-state index in [9.17, 15) is 4.79 Å². The van der Waals surface area contributed by atoms with Crippen molar-refractivity contribution in [2.75, 3.05) is 6.61 Å². The van der Waals surface area contributed by atoms with Gasteiger partial charge in [-0.05, 0) is 6.42 Å². The molecule has 9 heavy (non-hydrogen) atoms. The summed E-state index contributed by atoms with van der Waals surface area (Å²) in [5, 5.41) is 11.1. The lowest BCUT2D eigenvalue weighted by molar-refractivity contribution is 0.230. The summed E-state index contributed by atoms with van der Waals surface area (Å²) in [6, 6.07) is -0.0746. The maximum Gasteiger partial charge on any atom is 0.280 e. The van der Waals surface area contributed by atoms with Crippen molar-refractivity contribution in [1.29, 1.82) is 0 Å². The molecule has 0 saturated heterocycles. The van der Waals surface area contributed by atoms with Crippen molar-refractivity contribution in [3.05, 3.63) is 0 Å². The molecule has 0 aliphatic carbocycles. The van der Waals surface area contributed by atoms with E-state index in [1.54, 1.807) is 22.6 Å². The molecule has 0 aliphatic rings. The van der Waals surface area contributed by atoms with E-state index >= 15 is 0 Å². The van der Waals surface area contributed by atoms with Crippen LogP contribution in [0.3, 0.4) is 0 Å². The van der Waals surface area contributed by atoms with E-state index in [0.717, 1.165) is 6.42 Å². The molecule has 0 spiro atoms. The van der Waals surface area contributed by atoms with Crippen molar-refractivity contribution in [2.24, 2.45) is 0 Å². The second kappa shape index (κ2) is 4.99. The Morgan fingerprint density at radius 2 is 2.44 bits per heavy atom. The van der Waals surface area contributed by atoms with E-state index in [1.165, 1.54) is 0 Å². The van der Waals surface area contributed by atoms with Crippen molar-refractivity contribution in [3.63, 3.8) is 0 Å². The molecule has 0 unspecified atom stereocenters. The predicted molar refractivity (Wildman–Crippen MR) is 43.7 cm³/mol. The van der Waals surface area contributed by atoms with Crippen LogP contribution >= 0.6 is 22.6 Å². The molecule has 0 bridgehead atoms. The smallest absolute Gasteiger partial charge is 0.280 e. The molecule has 3 nitrogen and oxygen atoms in total. The Morgan fingerprint density at radius 1 is 1.89 bits per heavy atom. The number of aliphatic hydroxyl groups is 1. The van der Waals surface area contributed by atoms with Crippen LogP contribution in [0.2, 0.25) is 0 Å². The highest BCUT2D eigenvalue weighted by Gasteiger charge is 2.04. The van der Waals surface area contributed by atoms with Crippen molar-refractivity contribution < 1.29 is 9.90 Å². The Balaban J connectivity index is 3.43. The van der Waals surface area contributed by atoms with Crippen LogP contribution in [-0.2, 0) is 0 Å². The van der Waals surface area contributed by atoms with Crippen LogP contribution in [-0.4, -0.2) is 21.7 Å². The standard InChI is InChI=1S/C5H10INO2/c1-2-4(3-8)7-5(6)9/h4,8H,2-3H2,1H3,(H,7,9)/t4-/m0/s1. The van der Waals surface area contributed by atoms with Gasteiger partial charge in [0.25, 0.3) is 3.91 Å². The number of halogens is 1. The summed E-state index contributed by atoms with van der Waals surface area (Å²) in [7, 11) is 0. The van der Waals surface area contributed by atoms with Crippen LogP contribution in [0.15, 0.2) is 0 Å². The molecule has 0 fully saturated rings. The number of hydrogen-bond donors (Lipinski definition) is 2. The second-order valence-electron chi connectivity index (χ2n) is 1.71. The molecular weight excluding hydrogens is 233 g/mol. The fourth-order valence-electron chi connectivity index (χ4n) is 0.437. The Morgan fingerprint density at radius 3 is 2.56 bits per heavy atom. The molecule has 2 N–H and O–H groups in total. The third-order valence-electron chi connectivity index (χ3n) is 1.03. The fraction of sp³-hybridized carbons (Fsp3) is 0.800. The topological polar surface area (TPSA) is 49.3 Å². The predicted octanol–water partition coefficient (Wildman–Crippen LogP) is 0.902. The monoisotopic (exact) mass is 243 g/mol. The molecule has 0 aromatic carbocycles. The molecule has 0 saturated carbocycles. The zero-order valence-electron chi connectivity index (χ0n) is 5.22. The summed E-state index contributed by atoms with van der Waals surface area (Å²) in [6.45, 7) is 1.93. The second-order valence-corrected chi connectivity index (χ2v) is 2.69. The first kappa shape index (κ1) is 9.16. The molecule has 0 aromatic heterocycles. The molecule has 1 atom stereocenters. The summed E-state index contributed by atoms with van der Waals surface area (Å²) >= 11 is 1.64. The Kier molecular flexibility index (Phi) is 5.07. The van der Waals surface area contributed by atoms with Gasteiger partial charge in [-0.3, -0.25) is 4.79 Å². The zero-order chi connectivity index (χ0) is 7.28. The van der Waals surface area contributed by atoms with E-state index in [4.69, 9.17) is 5.11 Å². The summed E-state index contributed by atoms with van der Waals surface area (Å²) in [5.41, 5.74) is 0. The summed E-state index contributed by atoms with van der Waals surface area (Å²) in [4.78, 5) is 10.3. The summed E-state index contributed by atoms with van der Waals surface area (Å²) in [6.07, 6.45) is 0.769. The molecular formula is C5H10INO2. The maximum absolute atomic E-state index is 10.3. The highest BCUT2D eigenvalue weighted by molar-refractivity contribution is 14.1. The quantitative estimate of drug-likeness (QED) is 0.439. The number of hydrogen-bond acceptors (Lipinski definition) is 2. The van der Waals surface area contributed by atoms with Gasteiger partial charge < -0.3 is 10.4 Å². The van der Waals surface area contributed by atoms with Crippen molar-refractivity contribution in [3.8, 4) is 0 Å². The minimum atomic E-state index is -0.117. The van der Waals surface area contributed by atoms with E-state index < -0.39 is 0 Å². The third-order valence-corrected chi connectivity index (χ3v) is 1.34. The summed E-state index contributed by atoms with van der Waals surface area (Å²) < 4.78 is -0.117. The van der Waals surface area contributed by atoms with Crippen LogP contribution in [0.1, 0.15) is 13.3 Å². The first-order chi connectivity index (χ1) is 4.20. The average molecular weight is 243 g/mol. The number of rotatable bonds is 3. The molecule has 0 rings (SSSR count). The number of carbonyl (C=O) groups is 1. The van der Waals surface area contributed by atoms with Crippen molar-refractivity contribution in [2.45, 2.75) is 19.4 Å². The van der Waals surface area contributed by atoms with Gasteiger partial charge in [-0.15, -0.1) is 0 Å². The molecule has 0 aliphatic heterocycles. The first-order valence-electron chi connectivity index (χ1n) is 2.77. The van der Waals surface area contributed by atoms with Crippen LogP contribution in [0, 0.1) is 0 Å².